The fourth-order valence-electron chi connectivity index (χ4n) is 1.68. The molecule has 21 heavy (non-hydrogen) atoms. The van der Waals surface area contributed by atoms with E-state index in [0.717, 1.165) is 12.5 Å². The summed E-state index contributed by atoms with van der Waals surface area (Å²) in [6.45, 7) is 1.06. The van der Waals surface area contributed by atoms with E-state index >= 15 is 0 Å². The van der Waals surface area contributed by atoms with Crippen molar-refractivity contribution in [2.24, 2.45) is 0 Å². The van der Waals surface area contributed by atoms with Crippen LogP contribution in [0.15, 0.2) is 18.2 Å². The van der Waals surface area contributed by atoms with Crippen molar-refractivity contribution in [2.75, 3.05) is 34.5 Å². The lowest BCUT2D eigenvalue weighted by Crippen LogP contribution is -2.04. The second-order valence-electron chi connectivity index (χ2n) is 4.12. The second-order valence-corrected chi connectivity index (χ2v) is 4.12. The molecule has 0 heterocycles. The molecule has 0 fully saturated rings. The van der Waals surface area contributed by atoms with Gasteiger partial charge in [0, 0.05) is 26.2 Å². The fraction of sp³-hybridized carbons (Fsp3) is 0.400. The number of carboxylic acids is 1. The van der Waals surface area contributed by atoms with Crippen LogP contribution in [0.3, 0.4) is 0 Å². The van der Waals surface area contributed by atoms with Gasteiger partial charge in [-0.2, -0.15) is 0 Å². The lowest BCUT2D eigenvalue weighted by atomic mass is 10.1. The Morgan fingerprint density at radius 3 is 2.24 bits per heavy atom. The molecule has 0 unspecified atom stereocenters. The highest BCUT2D eigenvalue weighted by Gasteiger charge is 2.13. The third-order valence-electron chi connectivity index (χ3n) is 2.64. The predicted molar refractivity (Wildman–Crippen MR) is 78.2 cm³/mol. The highest BCUT2D eigenvalue weighted by molar-refractivity contribution is 5.85. The minimum Gasteiger partial charge on any atom is -0.493 e. The molecule has 1 aromatic rings. The molecule has 0 aliphatic carbocycles. The van der Waals surface area contributed by atoms with Crippen LogP contribution in [0.4, 0.5) is 0 Å². The molecule has 0 amide bonds. The summed E-state index contributed by atoms with van der Waals surface area (Å²) in [5.41, 5.74) is 0.648. The largest absolute Gasteiger partial charge is 0.493 e. The number of ether oxygens (including phenoxy) is 4. The summed E-state index contributed by atoms with van der Waals surface area (Å²) >= 11 is 0. The minimum absolute atomic E-state index is 0.463. The van der Waals surface area contributed by atoms with Crippen LogP contribution >= 0.6 is 0 Å². The molecule has 0 bridgehead atoms. The van der Waals surface area contributed by atoms with Gasteiger partial charge >= 0.3 is 5.97 Å². The number of benzene rings is 1. The molecule has 0 saturated carbocycles. The van der Waals surface area contributed by atoms with Gasteiger partial charge in [0.05, 0.1) is 20.8 Å². The van der Waals surface area contributed by atoms with Crippen LogP contribution in [0.2, 0.25) is 0 Å². The average molecular weight is 296 g/mol. The smallest absolute Gasteiger partial charge is 0.328 e. The lowest BCUT2D eigenvalue weighted by Gasteiger charge is -2.15. The number of aliphatic carboxylic acids is 1. The standard InChI is InChI=1S/C15H20O6/c1-18-7-4-8-21-15-12(19-2)9-11(5-6-14(16)17)10-13(15)20-3/h5-6,9-10H,4,7-8H2,1-3H3,(H,16,17)/b6-5+. The van der Waals surface area contributed by atoms with Crippen molar-refractivity contribution in [1.82, 2.24) is 0 Å². The van der Waals surface area contributed by atoms with E-state index in [9.17, 15) is 4.79 Å². The number of carboxylic acid groups (broad SMARTS) is 1. The van der Waals surface area contributed by atoms with E-state index in [4.69, 9.17) is 24.1 Å². The van der Waals surface area contributed by atoms with Crippen molar-refractivity contribution in [3.8, 4) is 17.2 Å². The van der Waals surface area contributed by atoms with Crippen molar-refractivity contribution in [3.05, 3.63) is 23.8 Å². The van der Waals surface area contributed by atoms with E-state index < -0.39 is 5.97 Å². The molecule has 1 rings (SSSR count). The summed E-state index contributed by atoms with van der Waals surface area (Å²) in [6, 6.07) is 3.38. The molecular formula is C15H20O6. The van der Waals surface area contributed by atoms with Gasteiger partial charge in [0.2, 0.25) is 5.75 Å². The summed E-state index contributed by atoms with van der Waals surface area (Å²) in [5.74, 6) is 0.435. The molecule has 0 saturated heterocycles. The van der Waals surface area contributed by atoms with E-state index in [1.807, 2.05) is 0 Å². The molecule has 0 aromatic heterocycles. The van der Waals surface area contributed by atoms with E-state index in [1.165, 1.54) is 20.3 Å². The molecule has 6 nitrogen and oxygen atoms in total. The molecule has 0 atom stereocenters. The van der Waals surface area contributed by atoms with Crippen LogP contribution in [0.1, 0.15) is 12.0 Å². The van der Waals surface area contributed by atoms with Crippen LogP contribution in [0.5, 0.6) is 17.2 Å². The van der Waals surface area contributed by atoms with Crippen molar-refractivity contribution >= 4 is 12.0 Å². The molecule has 6 heteroatoms. The molecule has 1 aromatic carbocycles. The van der Waals surface area contributed by atoms with Gasteiger partial charge in [-0.05, 0) is 23.8 Å². The topological polar surface area (TPSA) is 74.2 Å². The SMILES string of the molecule is COCCCOc1c(OC)cc(/C=C/C(=O)O)cc1OC. The molecule has 0 aliphatic heterocycles. The Hall–Kier alpha value is -2.21. The molecule has 1 N–H and O–H groups in total. The fourth-order valence-corrected chi connectivity index (χ4v) is 1.68. The van der Waals surface area contributed by atoms with E-state index in [-0.39, 0.29) is 0 Å². The van der Waals surface area contributed by atoms with Gasteiger partial charge in [0.1, 0.15) is 0 Å². The van der Waals surface area contributed by atoms with Gasteiger partial charge in [-0.25, -0.2) is 4.79 Å². The summed E-state index contributed by atoms with van der Waals surface area (Å²) in [7, 11) is 4.66. The first-order valence-electron chi connectivity index (χ1n) is 6.41. The van der Waals surface area contributed by atoms with Crippen molar-refractivity contribution in [2.45, 2.75) is 6.42 Å². The summed E-state index contributed by atoms with van der Waals surface area (Å²) < 4.78 is 21.2. The Bertz CT molecular complexity index is 470. The van der Waals surface area contributed by atoms with Crippen LogP contribution in [-0.2, 0) is 9.53 Å². The number of hydrogen-bond donors (Lipinski definition) is 1. The monoisotopic (exact) mass is 296 g/mol. The minimum atomic E-state index is -1.02. The molecule has 0 spiro atoms. The zero-order chi connectivity index (χ0) is 15.7. The van der Waals surface area contributed by atoms with E-state index in [1.54, 1.807) is 19.2 Å². The third-order valence-corrected chi connectivity index (χ3v) is 2.64. The first-order chi connectivity index (χ1) is 10.1. The Morgan fingerprint density at radius 2 is 1.76 bits per heavy atom. The highest BCUT2D eigenvalue weighted by Crippen LogP contribution is 2.39. The van der Waals surface area contributed by atoms with Crippen LogP contribution < -0.4 is 14.2 Å². The van der Waals surface area contributed by atoms with Crippen LogP contribution in [0, 0.1) is 0 Å². The maximum atomic E-state index is 10.6. The lowest BCUT2D eigenvalue weighted by molar-refractivity contribution is -0.131. The van der Waals surface area contributed by atoms with Gasteiger partial charge in [-0.1, -0.05) is 0 Å². The second kappa shape index (κ2) is 8.86. The third kappa shape index (κ3) is 5.35. The van der Waals surface area contributed by atoms with Gasteiger partial charge in [0.25, 0.3) is 0 Å². The van der Waals surface area contributed by atoms with Crippen molar-refractivity contribution in [3.63, 3.8) is 0 Å². The molecular weight excluding hydrogens is 276 g/mol. The van der Waals surface area contributed by atoms with Gasteiger partial charge in [0.15, 0.2) is 11.5 Å². The van der Waals surface area contributed by atoms with Crippen LogP contribution in [0.25, 0.3) is 6.08 Å². The maximum Gasteiger partial charge on any atom is 0.328 e. The first-order valence-corrected chi connectivity index (χ1v) is 6.41. The van der Waals surface area contributed by atoms with E-state index in [0.29, 0.717) is 36.0 Å². The predicted octanol–water partition coefficient (Wildman–Crippen LogP) is 2.22. The molecule has 0 aliphatic rings. The maximum absolute atomic E-state index is 10.6. The number of methoxy groups -OCH3 is 3. The van der Waals surface area contributed by atoms with E-state index in [2.05, 4.69) is 0 Å². The quantitative estimate of drug-likeness (QED) is 0.556. The Labute approximate surface area is 123 Å². The Balaban J connectivity index is 2.98. The number of carbonyl (C=O) groups is 1. The highest BCUT2D eigenvalue weighted by atomic mass is 16.5. The number of hydrogen-bond acceptors (Lipinski definition) is 5. The summed E-state index contributed by atoms with van der Waals surface area (Å²) in [5, 5.41) is 8.66. The van der Waals surface area contributed by atoms with Gasteiger partial charge < -0.3 is 24.1 Å². The average Bonchev–Trinajstić information content (AvgIpc) is 2.49. The first kappa shape index (κ1) is 16.8. The zero-order valence-electron chi connectivity index (χ0n) is 12.4. The summed E-state index contributed by atoms with van der Waals surface area (Å²) in [6.07, 6.45) is 3.25. The summed E-state index contributed by atoms with van der Waals surface area (Å²) in [4.78, 5) is 10.6. The zero-order valence-corrected chi connectivity index (χ0v) is 12.4. The van der Waals surface area contributed by atoms with Gasteiger partial charge in [-0.3, -0.25) is 0 Å². The Morgan fingerprint density at radius 1 is 1.14 bits per heavy atom. The Kier molecular flexibility index (Phi) is 7.11. The van der Waals surface area contributed by atoms with Crippen LogP contribution in [-0.4, -0.2) is 45.6 Å². The molecule has 116 valence electrons. The number of rotatable bonds is 9. The normalized spacial score (nSPS) is 10.6. The van der Waals surface area contributed by atoms with Gasteiger partial charge in [-0.15, -0.1) is 0 Å². The molecule has 0 radical (unpaired) electrons. The van der Waals surface area contributed by atoms with Crippen molar-refractivity contribution < 1.29 is 28.8 Å². The van der Waals surface area contributed by atoms with Crippen molar-refractivity contribution in [1.29, 1.82) is 0 Å².